The highest BCUT2D eigenvalue weighted by Crippen LogP contribution is 2.28. The molecule has 184 valence electrons. The Balaban J connectivity index is 1.82. The van der Waals surface area contributed by atoms with Crippen molar-refractivity contribution < 1.29 is 19.1 Å². The molecule has 0 fully saturated rings. The molecule has 1 aromatic heterocycles. The molecule has 4 rings (SSSR count). The maximum absolute atomic E-state index is 13.8. The number of ether oxygens (including phenoxy) is 2. The Kier molecular flexibility index (Phi) is 7.00. The highest BCUT2D eigenvalue weighted by atomic mass is 16.5. The van der Waals surface area contributed by atoms with Gasteiger partial charge in [0, 0.05) is 36.4 Å². The quantitative estimate of drug-likeness (QED) is 0.404. The first-order chi connectivity index (χ1) is 17.3. The summed E-state index contributed by atoms with van der Waals surface area (Å²) in [5, 5.41) is 5.58. The number of nitrogens with one attached hydrogen (secondary N) is 2. The largest absolute Gasteiger partial charge is 0.497 e. The standard InChI is InChI=1S/C27H26N4O5/c1-16(26(33)29-18-13-19(35-3)15-20(14-18)36-4)31-24-12-8-7-11-23(24)30-25(27(31)34)21-9-5-6-10-22(21)28-17(2)32/h5-16H,1-4H3,(H,28,32)(H,29,33)/t16-/m1/s1. The number of anilines is 2. The summed E-state index contributed by atoms with van der Waals surface area (Å²) in [7, 11) is 3.04. The molecule has 0 bridgehead atoms. The van der Waals surface area contributed by atoms with Crippen molar-refractivity contribution in [2.24, 2.45) is 0 Å². The molecule has 1 atom stereocenters. The predicted molar refractivity (Wildman–Crippen MR) is 139 cm³/mol. The number of para-hydroxylation sites is 3. The van der Waals surface area contributed by atoms with Gasteiger partial charge in [-0.25, -0.2) is 4.98 Å². The second-order valence-electron chi connectivity index (χ2n) is 8.12. The number of carbonyl (C=O) groups is 2. The lowest BCUT2D eigenvalue weighted by atomic mass is 10.1. The van der Waals surface area contributed by atoms with Gasteiger partial charge in [-0.2, -0.15) is 0 Å². The zero-order valence-corrected chi connectivity index (χ0v) is 20.4. The van der Waals surface area contributed by atoms with Crippen molar-refractivity contribution in [3.63, 3.8) is 0 Å². The first-order valence-electron chi connectivity index (χ1n) is 11.2. The van der Waals surface area contributed by atoms with Crippen molar-refractivity contribution in [2.45, 2.75) is 19.9 Å². The molecule has 0 spiro atoms. The van der Waals surface area contributed by atoms with Gasteiger partial charge < -0.3 is 20.1 Å². The maximum atomic E-state index is 13.8. The number of rotatable bonds is 7. The first-order valence-corrected chi connectivity index (χ1v) is 11.2. The van der Waals surface area contributed by atoms with Crippen LogP contribution in [0.3, 0.4) is 0 Å². The molecule has 0 aliphatic carbocycles. The predicted octanol–water partition coefficient (Wildman–Crippen LogP) is 4.24. The Labute approximate surface area is 207 Å². The third-order valence-corrected chi connectivity index (χ3v) is 5.67. The van der Waals surface area contributed by atoms with Gasteiger partial charge in [-0.1, -0.05) is 30.3 Å². The molecule has 4 aromatic rings. The van der Waals surface area contributed by atoms with E-state index in [9.17, 15) is 14.4 Å². The number of benzene rings is 3. The molecule has 0 saturated heterocycles. The fraction of sp³-hybridized carbons (Fsp3) is 0.185. The van der Waals surface area contributed by atoms with Crippen molar-refractivity contribution >= 4 is 34.2 Å². The average Bonchev–Trinajstić information content (AvgIpc) is 2.87. The van der Waals surface area contributed by atoms with Gasteiger partial charge in [-0.15, -0.1) is 0 Å². The molecule has 0 saturated carbocycles. The van der Waals surface area contributed by atoms with Crippen LogP contribution in [0.25, 0.3) is 22.3 Å². The Morgan fingerprint density at radius 3 is 2.22 bits per heavy atom. The van der Waals surface area contributed by atoms with Crippen LogP contribution in [0, 0.1) is 0 Å². The van der Waals surface area contributed by atoms with Crippen LogP contribution in [0.15, 0.2) is 71.5 Å². The zero-order valence-electron chi connectivity index (χ0n) is 20.4. The van der Waals surface area contributed by atoms with E-state index in [-0.39, 0.29) is 11.6 Å². The number of methoxy groups -OCH3 is 2. The number of hydrogen-bond donors (Lipinski definition) is 2. The van der Waals surface area contributed by atoms with Gasteiger partial charge in [0.15, 0.2) is 0 Å². The molecule has 9 nitrogen and oxygen atoms in total. The molecule has 36 heavy (non-hydrogen) atoms. The van der Waals surface area contributed by atoms with Crippen molar-refractivity contribution in [1.82, 2.24) is 9.55 Å². The van der Waals surface area contributed by atoms with Crippen LogP contribution in [-0.4, -0.2) is 35.6 Å². The fourth-order valence-corrected chi connectivity index (χ4v) is 3.95. The summed E-state index contributed by atoms with van der Waals surface area (Å²) in [5.41, 5.74) is 2.09. The van der Waals surface area contributed by atoms with Gasteiger partial charge in [0.25, 0.3) is 5.56 Å². The molecule has 2 N–H and O–H groups in total. The highest BCUT2D eigenvalue weighted by molar-refractivity contribution is 5.96. The zero-order chi connectivity index (χ0) is 25.8. The summed E-state index contributed by atoms with van der Waals surface area (Å²) in [5.74, 6) is 0.344. The molecule has 0 unspecified atom stereocenters. The molecule has 0 radical (unpaired) electrons. The highest BCUT2D eigenvalue weighted by Gasteiger charge is 2.23. The number of aromatic nitrogens is 2. The first kappa shape index (κ1) is 24.5. The molecule has 9 heteroatoms. The lowest BCUT2D eigenvalue weighted by molar-refractivity contribution is -0.118. The van der Waals surface area contributed by atoms with Crippen LogP contribution in [-0.2, 0) is 9.59 Å². The second kappa shape index (κ2) is 10.3. The van der Waals surface area contributed by atoms with Crippen LogP contribution in [0.4, 0.5) is 11.4 Å². The van der Waals surface area contributed by atoms with E-state index >= 15 is 0 Å². The third-order valence-electron chi connectivity index (χ3n) is 5.67. The second-order valence-corrected chi connectivity index (χ2v) is 8.12. The Morgan fingerprint density at radius 1 is 0.917 bits per heavy atom. The van der Waals surface area contributed by atoms with Gasteiger partial charge in [0.2, 0.25) is 11.8 Å². The third kappa shape index (κ3) is 4.90. The van der Waals surface area contributed by atoms with Gasteiger partial charge in [0.1, 0.15) is 23.2 Å². The van der Waals surface area contributed by atoms with E-state index in [2.05, 4.69) is 15.6 Å². The van der Waals surface area contributed by atoms with Crippen molar-refractivity contribution in [2.75, 3.05) is 24.9 Å². The number of amides is 2. The van der Waals surface area contributed by atoms with Gasteiger partial charge in [-0.3, -0.25) is 19.0 Å². The molecule has 3 aromatic carbocycles. The van der Waals surface area contributed by atoms with Gasteiger partial charge >= 0.3 is 0 Å². The normalized spacial score (nSPS) is 11.6. The number of carbonyl (C=O) groups excluding carboxylic acids is 2. The number of fused-ring (bicyclic) bond motifs is 1. The average molecular weight is 487 g/mol. The molecule has 2 amide bonds. The minimum absolute atomic E-state index is 0.126. The monoisotopic (exact) mass is 486 g/mol. The van der Waals surface area contributed by atoms with Crippen LogP contribution in [0.5, 0.6) is 11.5 Å². The molecule has 1 heterocycles. The van der Waals surface area contributed by atoms with E-state index in [1.54, 1.807) is 73.7 Å². The van der Waals surface area contributed by atoms with Crippen molar-refractivity contribution in [3.8, 4) is 22.8 Å². The van der Waals surface area contributed by atoms with Gasteiger partial charge in [-0.05, 0) is 25.1 Å². The maximum Gasteiger partial charge on any atom is 0.278 e. The SMILES string of the molecule is COc1cc(NC(=O)[C@@H](C)n2c(=O)c(-c3ccccc3NC(C)=O)nc3ccccc32)cc(OC)c1. The van der Waals surface area contributed by atoms with E-state index in [4.69, 9.17) is 9.47 Å². The van der Waals surface area contributed by atoms with Gasteiger partial charge in [0.05, 0.1) is 30.9 Å². The molecular formula is C27H26N4O5. The Hall–Kier alpha value is -4.66. The summed E-state index contributed by atoms with van der Waals surface area (Å²) in [6, 6.07) is 18.1. The Bertz CT molecular complexity index is 1490. The van der Waals surface area contributed by atoms with E-state index < -0.39 is 17.5 Å². The minimum Gasteiger partial charge on any atom is -0.497 e. The smallest absolute Gasteiger partial charge is 0.278 e. The summed E-state index contributed by atoms with van der Waals surface area (Å²) in [4.78, 5) is 43.5. The molecule has 0 aliphatic heterocycles. The topological polar surface area (TPSA) is 112 Å². The minimum atomic E-state index is -0.894. The van der Waals surface area contributed by atoms with E-state index in [0.29, 0.717) is 39.5 Å². The van der Waals surface area contributed by atoms with E-state index in [0.717, 1.165) is 0 Å². The Morgan fingerprint density at radius 2 is 1.56 bits per heavy atom. The summed E-state index contributed by atoms with van der Waals surface area (Å²) in [6.45, 7) is 3.03. The summed E-state index contributed by atoms with van der Waals surface area (Å²) < 4.78 is 12.0. The van der Waals surface area contributed by atoms with Crippen molar-refractivity contribution in [3.05, 3.63) is 77.1 Å². The van der Waals surface area contributed by atoms with Crippen LogP contribution < -0.4 is 25.7 Å². The van der Waals surface area contributed by atoms with Crippen LogP contribution in [0.1, 0.15) is 19.9 Å². The lowest BCUT2D eigenvalue weighted by Crippen LogP contribution is -2.33. The molecular weight excluding hydrogens is 460 g/mol. The van der Waals surface area contributed by atoms with Crippen molar-refractivity contribution in [1.29, 1.82) is 0 Å². The summed E-state index contributed by atoms with van der Waals surface area (Å²) in [6.07, 6.45) is 0. The van der Waals surface area contributed by atoms with Crippen LogP contribution in [0.2, 0.25) is 0 Å². The lowest BCUT2D eigenvalue weighted by Gasteiger charge is -2.20. The molecule has 0 aliphatic rings. The number of nitrogens with zero attached hydrogens (tertiary/aromatic N) is 2. The van der Waals surface area contributed by atoms with E-state index in [1.807, 2.05) is 0 Å². The van der Waals surface area contributed by atoms with Crippen LogP contribution >= 0.6 is 0 Å². The fourth-order valence-electron chi connectivity index (χ4n) is 3.95. The van der Waals surface area contributed by atoms with E-state index in [1.165, 1.54) is 25.7 Å². The number of hydrogen-bond acceptors (Lipinski definition) is 6. The summed E-state index contributed by atoms with van der Waals surface area (Å²) >= 11 is 0.